The second-order valence-electron chi connectivity index (χ2n) is 19.3. The first kappa shape index (κ1) is 43.8. The lowest BCUT2D eigenvalue weighted by Crippen LogP contribution is -2.10. The van der Waals surface area contributed by atoms with E-state index < -0.39 is 0 Å². The van der Waals surface area contributed by atoms with Crippen LogP contribution in [0.4, 0.5) is 17.1 Å². The molecule has 12 aromatic carbocycles. The van der Waals surface area contributed by atoms with Crippen LogP contribution in [0.2, 0.25) is 0 Å². The molecule has 0 unspecified atom stereocenters. The molecule has 0 fully saturated rings. The molecule has 0 aliphatic heterocycles. The summed E-state index contributed by atoms with van der Waals surface area (Å²) in [5, 5.41) is 4.90. The predicted molar refractivity (Wildman–Crippen MR) is 317 cm³/mol. The molecule has 0 radical (unpaired) electrons. The summed E-state index contributed by atoms with van der Waals surface area (Å²) in [5.41, 5.74) is 21.9. The maximum Gasteiger partial charge on any atom is 0.0547 e. The second-order valence-corrected chi connectivity index (χ2v) is 19.3. The summed E-state index contributed by atoms with van der Waals surface area (Å²) in [6, 6.07) is 108. The topological polar surface area (TPSA) is 13.1 Å². The zero-order valence-electron chi connectivity index (χ0n) is 41.1. The molecule has 0 amide bonds. The number of anilines is 3. The van der Waals surface area contributed by atoms with E-state index in [0.29, 0.717) is 0 Å². The van der Waals surface area contributed by atoms with Crippen LogP contribution in [0.5, 0.6) is 0 Å². The molecule has 0 aliphatic carbocycles. The number of para-hydroxylation sites is 3. The normalized spacial score (nSPS) is 11.5. The summed E-state index contributed by atoms with van der Waals surface area (Å²) in [6.45, 7) is 0. The van der Waals surface area contributed by atoms with Gasteiger partial charge in [0.2, 0.25) is 0 Å². The van der Waals surface area contributed by atoms with Gasteiger partial charge in [-0.05, 0) is 129 Å². The minimum atomic E-state index is 1.07. The molecule has 0 saturated carbocycles. The number of nitrogens with zero attached hydrogens (tertiary/aromatic N) is 3. The van der Waals surface area contributed by atoms with Crippen LogP contribution in [0.3, 0.4) is 0 Å². The van der Waals surface area contributed by atoms with Crippen molar-refractivity contribution in [2.45, 2.75) is 0 Å². The van der Waals surface area contributed by atoms with E-state index in [1.165, 1.54) is 77.1 Å². The summed E-state index contributed by atoms with van der Waals surface area (Å²) in [4.78, 5) is 2.38. The van der Waals surface area contributed by atoms with Gasteiger partial charge in [0, 0.05) is 49.9 Å². The van der Waals surface area contributed by atoms with Crippen molar-refractivity contribution in [3.63, 3.8) is 0 Å². The van der Waals surface area contributed by atoms with Crippen LogP contribution in [-0.4, -0.2) is 9.13 Å². The zero-order valence-corrected chi connectivity index (χ0v) is 41.1. The molecule has 0 bridgehead atoms. The van der Waals surface area contributed by atoms with Crippen molar-refractivity contribution in [1.82, 2.24) is 9.13 Å². The number of aromatic nitrogens is 2. The van der Waals surface area contributed by atoms with Gasteiger partial charge in [-0.1, -0.05) is 218 Å². The van der Waals surface area contributed by atoms with Gasteiger partial charge in [0.05, 0.1) is 27.8 Å². The molecule has 0 spiro atoms. The average molecular weight is 956 g/mol. The van der Waals surface area contributed by atoms with Crippen LogP contribution in [0.25, 0.3) is 111 Å². The quantitative estimate of drug-likeness (QED) is 0.133. The van der Waals surface area contributed by atoms with E-state index in [2.05, 4.69) is 311 Å². The third-order valence-corrected chi connectivity index (χ3v) is 14.9. The summed E-state index contributed by atoms with van der Waals surface area (Å²) < 4.78 is 4.91. The minimum Gasteiger partial charge on any atom is -0.310 e. The van der Waals surface area contributed by atoms with Crippen LogP contribution < -0.4 is 4.90 Å². The smallest absolute Gasteiger partial charge is 0.0547 e. The summed E-state index contributed by atoms with van der Waals surface area (Å²) in [6.07, 6.45) is 0. The fourth-order valence-corrected chi connectivity index (χ4v) is 11.4. The van der Waals surface area contributed by atoms with Crippen LogP contribution in [0.1, 0.15) is 0 Å². The Morgan fingerprint density at radius 1 is 0.227 bits per heavy atom. The van der Waals surface area contributed by atoms with E-state index in [4.69, 9.17) is 0 Å². The van der Waals surface area contributed by atoms with Crippen molar-refractivity contribution in [2.75, 3.05) is 4.90 Å². The molecule has 14 rings (SSSR count). The van der Waals surface area contributed by atoms with Gasteiger partial charge in [-0.3, -0.25) is 0 Å². The number of rotatable bonds is 10. The molecule has 2 heterocycles. The molecule has 3 heteroatoms. The van der Waals surface area contributed by atoms with Crippen molar-refractivity contribution in [3.05, 3.63) is 297 Å². The van der Waals surface area contributed by atoms with Crippen molar-refractivity contribution in [1.29, 1.82) is 0 Å². The van der Waals surface area contributed by atoms with Crippen molar-refractivity contribution in [3.8, 4) is 67.0 Å². The lowest BCUT2D eigenvalue weighted by atomic mass is 9.98. The van der Waals surface area contributed by atoms with Gasteiger partial charge in [-0.25, -0.2) is 0 Å². The van der Waals surface area contributed by atoms with E-state index in [0.717, 1.165) is 50.6 Å². The largest absolute Gasteiger partial charge is 0.310 e. The van der Waals surface area contributed by atoms with Gasteiger partial charge < -0.3 is 14.0 Å². The highest BCUT2D eigenvalue weighted by molar-refractivity contribution is 6.17. The van der Waals surface area contributed by atoms with Crippen LogP contribution >= 0.6 is 0 Å². The Morgan fingerprint density at radius 3 is 1.31 bits per heavy atom. The van der Waals surface area contributed by atoms with Gasteiger partial charge in [-0.15, -0.1) is 0 Å². The number of fused-ring (bicyclic) bond motifs is 6. The van der Waals surface area contributed by atoms with Gasteiger partial charge in [0.15, 0.2) is 0 Å². The van der Waals surface area contributed by atoms with E-state index in [1.54, 1.807) is 0 Å². The Labute approximate surface area is 436 Å². The summed E-state index contributed by atoms with van der Waals surface area (Å²) in [5.74, 6) is 0. The summed E-state index contributed by atoms with van der Waals surface area (Å²) in [7, 11) is 0. The van der Waals surface area contributed by atoms with Crippen LogP contribution in [0, 0.1) is 0 Å². The van der Waals surface area contributed by atoms with Crippen molar-refractivity contribution < 1.29 is 0 Å². The van der Waals surface area contributed by atoms with Gasteiger partial charge in [-0.2, -0.15) is 0 Å². The molecule has 75 heavy (non-hydrogen) atoms. The molecule has 0 aliphatic rings. The van der Waals surface area contributed by atoms with Crippen molar-refractivity contribution >= 4 is 60.7 Å². The standard InChI is InChI=1S/C72H49N3/c1-5-19-50(20-6-1)53-35-41-59(42-36-53)73(60-43-37-54(38-44-60)51-21-7-2-8-22-51)61-28-17-25-56(47-61)62-29-13-15-32-67(62)75-70-48-55(52-23-9-3-10-24-52)39-45-64(70)65-46-40-57(49-71(65)75)63-31-18-34-69-72(63)66-30-14-16-33-68(66)74(69)58-26-11-4-12-27-58/h1-49H. The van der Waals surface area contributed by atoms with Gasteiger partial charge >= 0.3 is 0 Å². The SMILES string of the molecule is c1ccc(-c2ccc(N(c3ccc(-c4ccccc4)cc3)c3cccc(-c4ccccc4-n4c5cc(-c6ccccc6)ccc5c5ccc(-c6cccc7c6c6ccccc6n7-c6ccccc6)cc54)c3)cc2)cc1. The Bertz CT molecular complexity index is 4280. The highest BCUT2D eigenvalue weighted by atomic mass is 15.1. The average Bonchev–Trinajstić information content (AvgIpc) is 4.05. The first-order valence-electron chi connectivity index (χ1n) is 25.7. The zero-order chi connectivity index (χ0) is 49.7. The Kier molecular flexibility index (Phi) is 10.8. The number of hydrogen-bond acceptors (Lipinski definition) is 1. The number of benzene rings is 12. The molecule has 352 valence electrons. The lowest BCUT2D eigenvalue weighted by molar-refractivity contribution is 1.18. The Hall–Kier alpha value is -9.96. The third-order valence-electron chi connectivity index (χ3n) is 14.9. The minimum absolute atomic E-state index is 1.07. The molecule has 14 aromatic rings. The van der Waals surface area contributed by atoms with Crippen molar-refractivity contribution in [2.24, 2.45) is 0 Å². The number of hydrogen-bond donors (Lipinski definition) is 0. The lowest BCUT2D eigenvalue weighted by Gasteiger charge is -2.27. The predicted octanol–water partition coefficient (Wildman–Crippen LogP) is 19.7. The molecular weight excluding hydrogens is 907 g/mol. The third kappa shape index (κ3) is 7.78. The molecule has 2 aromatic heterocycles. The first-order chi connectivity index (χ1) is 37.2. The van der Waals surface area contributed by atoms with E-state index >= 15 is 0 Å². The van der Waals surface area contributed by atoms with Gasteiger partial charge in [0.25, 0.3) is 0 Å². The monoisotopic (exact) mass is 955 g/mol. The fourth-order valence-electron chi connectivity index (χ4n) is 11.4. The first-order valence-corrected chi connectivity index (χ1v) is 25.7. The highest BCUT2D eigenvalue weighted by Gasteiger charge is 2.21. The Morgan fingerprint density at radius 2 is 0.667 bits per heavy atom. The molecular formula is C72H49N3. The summed E-state index contributed by atoms with van der Waals surface area (Å²) >= 11 is 0. The van der Waals surface area contributed by atoms with Crippen LogP contribution in [0.15, 0.2) is 297 Å². The van der Waals surface area contributed by atoms with E-state index in [-0.39, 0.29) is 0 Å². The maximum atomic E-state index is 2.51. The molecule has 0 atom stereocenters. The maximum absolute atomic E-state index is 2.51. The Balaban J connectivity index is 0.954. The molecule has 0 saturated heterocycles. The second kappa shape index (κ2) is 18.6. The molecule has 3 nitrogen and oxygen atoms in total. The van der Waals surface area contributed by atoms with E-state index in [9.17, 15) is 0 Å². The fraction of sp³-hybridized carbons (Fsp3) is 0. The van der Waals surface area contributed by atoms with Gasteiger partial charge in [0.1, 0.15) is 0 Å². The van der Waals surface area contributed by atoms with E-state index in [1.807, 2.05) is 0 Å². The molecule has 0 N–H and O–H groups in total. The van der Waals surface area contributed by atoms with Crippen LogP contribution in [-0.2, 0) is 0 Å². The highest BCUT2D eigenvalue weighted by Crippen LogP contribution is 2.44.